The number of likely N-dealkylation sites (tertiary alicyclic amines) is 1. The first-order valence-electron chi connectivity index (χ1n) is 8.73. The van der Waals surface area contributed by atoms with Gasteiger partial charge in [0.25, 0.3) is 0 Å². The summed E-state index contributed by atoms with van der Waals surface area (Å²) in [5.74, 6) is -0.441. The molecule has 0 radical (unpaired) electrons. The quantitative estimate of drug-likeness (QED) is 0.860. The fourth-order valence-electron chi connectivity index (χ4n) is 3.22. The summed E-state index contributed by atoms with van der Waals surface area (Å²) in [6, 6.07) is 8.16. The lowest BCUT2D eigenvalue weighted by molar-refractivity contribution is -0.134. The third-order valence-corrected chi connectivity index (χ3v) is 4.78. The van der Waals surface area contributed by atoms with Crippen LogP contribution in [0.5, 0.6) is 0 Å². The molecule has 0 saturated carbocycles. The van der Waals surface area contributed by atoms with Gasteiger partial charge in [-0.15, -0.1) is 0 Å². The Kier molecular flexibility index (Phi) is 5.35. The van der Waals surface area contributed by atoms with Crippen molar-refractivity contribution in [2.24, 2.45) is 5.92 Å². The van der Waals surface area contributed by atoms with E-state index in [1.165, 1.54) is 12.1 Å². The zero-order chi connectivity index (χ0) is 18.7. The van der Waals surface area contributed by atoms with E-state index in [1.807, 2.05) is 6.07 Å². The van der Waals surface area contributed by atoms with Crippen LogP contribution in [0, 0.1) is 11.7 Å². The highest BCUT2D eigenvalue weighted by Gasteiger charge is 2.33. The number of rotatable bonds is 6. The number of carbonyl (C=O) groups is 2. The van der Waals surface area contributed by atoms with Gasteiger partial charge in [0, 0.05) is 44.9 Å². The number of aryl methyl sites for hydroxylation is 1. The molecule has 6 nitrogen and oxygen atoms in total. The standard InChI is InChI=1S/C19H23FN4O2/c1-23(19(26)14-10-18(25)24(2)12-14)9-3-4-16-11-17(22-21-16)13-5-7-15(20)8-6-13/h5-8,11,14H,3-4,9-10,12H2,1-2H3,(H,21,22). The van der Waals surface area contributed by atoms with Crippen molar-refractivity contribution in [3.63, 3.8) is 0 Å². The lowest BCUT2D eigenvalue weighted by atomic mass is 10.1. The van der Waals surface area contributed by atoms with Crippen LogP contribution < -0.4 is 0 Å². The maximum absolute atomic E-state index is 13.0. The lowest BCUT2D eigenvalue weighted by Crippen LogP contribution is -2.35. The number of nitrogens with zero attached hydrogens (tertiary/aromatic N) is 3. The summed E-state index contributed by atoms with van der Waals surface area (Å²) in [6.07, 6.45) is 1.86. The maximum Gasteiger partial charge on any atom is 0.227 e. The largest absolute Gasteiger partial charge is 0.345 e. The van der Waals surface area contributed by atoms with Crippen LogP contribution in [0.1, 0.15) is 18.5 Å². The van der Waals surface area contributed by atoms with Crippen LogP contribution in [-0.4, -0.2) is 59.0 Å². The third kappa shape index (κ3) is 4.09. The van der Waals surface area contributed by atoms with E-state index < -0.39 is 0 Å². The van der Waals surface area contributed by atoms with Crippen molar-refractivity contribution >= 4 is 11.8 Å². The SMILES string of the molecule is CN1CC(C(=O)N(C)CCCc2cc(-c3ccc(F)cc3)n[nH]2)CC1=O. The Bertz CT molecular complexity index is 787. The van der Waals surface area contributed by atoms with E-state index in [2.05, 4.69) is 10.2 Å². The van der Waals surface area contributed by atoms with Gasteiger partial charge in [-0.05, 0) is 43.2 Å². The predicted octanol–water partition coefficient (Wildman–Crippen LogP) is 2.09. The van der Waals surface area contributed by atoms with Crippen molar-refractivity contribution in [1.29, 1.82) is 0 Å². The first kappa shape index (κ1) is 18.1. The van der Waals surface area contributed by atoms with E-state index in [0.29, 0.717) is 19.5 Å². The number of nitrogens with one attached hydrogen (secondary N) is 1. The Hall–Kier alpha value is -2.70. The Labute approximate surface area is 152 Å². The van der Waals surface area contributed by atoms with Gasteiger partial charge >= 0.3 is 0 Å². The normalized spacial score (nSPS) is 17.0. The number of carbonyl (C=O) groups excluding carboxylic acids is 2. The van der Waals surface area contributed by atoms with Crippen LogP contribution in [0.3, 0.4) is 0 Å². The van der Waals surface area contributed by atoms with Crippen LogP contribution in [0.2, 0.25) is 0 Å². The predicted molar refractivity (Wildman–Crippen MR) is 95.7 cm³/mol. The average molecular weight is 358 g/mol. The van der Waals surface area contributed by atoms with Crippen molar-refractivity contribution in [2.75, 3.05) is 27.2 Å². The summed E-state index contributed by atoms with van der Waals surface area (Å²) in [7, 11) is 3.51. The number of halogens is 1. The highest BCUT2D eigenvalue weighted by Crippen LogP contribution is 2.20. The number of hydrogen-bond acceptors (Lipinski definition) is 3. The molecule has 0 spiro atoms. The number of aromatic nitrogens is 2. The van der Waals surface area contributed by atoms with E-state index in [9.17, 15) is 14.0 Å². The Morgan fingerprint density at radius 2 is 2.12 bits per heavy atom. The van der Waals surface area contributed by atoms with Gasteiger partial charge in [-0.3, -0.25) is 14.7 Å². The molecule has 1 aromatic carbocycles. The van der Waals surface area contributed by atoms with E-state index in [0.717, 1.165) is 29.8 Å². The summed E-state index contributed by atoms with van der Waals surface area (Å²) in [6.45, 7) is 1.13. The summed E-state index contributed by atoms with van der Waals surface area (Å²) >= 11 is 0. The van der Waals surface area contributed by atoms with Crippen LogP contribution in [-0.2, 0) is 16.0 Å². The van der Waals surface area contributed by atoms with Gasteiger partial charge in [-0.1, -0.05) is 0 Å². The molecule has 1 aliphatic rings. The molecule has 1 N–H and O–H groups in total. The summed E-state index contributed by atoms with van der Waals surface area (Å²) < 4.78 is 13.0. The summed E-state index contributed by atoms with van der Waals surface area (Å²) in [5, 5.41) is 7.25. The zero-order valence-corrected chi connectivity index (χ0v) is 15.0. The molecule has 0 bridgehead atoms. The fraction of sp³-hybridized carbons (Fsp3) is 0.421. The molecule has 0 aliphatic carbocycles. The molecule has 138 valence electrons. The monoisotopic (exact) mass is 358 g/mol. The molecule has 2 heterocycles. The van der Waals surface area contributed by atoms with E-state index in [1.54, 1.807) is 36.0 Å². The number of aromatic amines is 1. The molecule has 2 aromatic rings. The summed E-state index contributed by atoms with van der Waals surface area (Å²) in [4.78, 5) is 27.3. The molecule has 1 unspecified atom stereocenters. The molecule has 2 amide bonds. The number of benzene rings is 1. The van der Waals surface area contributed by atoms with Crippen molar-refractivity contribution in [3.05, 3.63) is 41.8 Å². The van der Waals surface area contributed by atoms with Crippen molar-refractivity contribution in [3.8, 4) is 11.3 Å². The minimum Gasteiger partial charge on any atom is -0.345 e. The maximum atomic E-state index is 13.0. The highest BCUT2D eigenvalue weighted by molar-refractivity contribution is 5.89. The lowest BCUT2D eigenvalue weighted by Gasteiger charge is -2.20. The van der Waals surface area contributed by atoms with Gasteiger partial charge in [0.05, 0.1) is 11.6 Å². The molecular formula is C19H23FN4O2. The molecule has 1 aromatic heterocycles. The summed E-state index contributed by atoms with van der Waals surface area (Å²) in [5.41, 5.74) is 2.61. The van der Waals surface area contributed by atoms with Gasteiger partial charge < -0.3 is 9.80 Å². The first-order valence-corrected chi connectivity index (χ1v) is 8.73. The van der Waals surface area contributed by atoms with E-state index >= 15 is 0 Å². The van der Waals surface area contributed by atoms with Gasteiger partial charge in [0.1, 0.15) is 5.82 Å². The van der Waals surface area contributed by atoms with E-state index in [-0.39, 0.29) is 23.5 Å². The Morgan fingerprint density at radius 1 is 1.38 bits per heavy atom. The molecular weight excluding hydrogens is 335 g/mol. The fourth-order valence-corrected chi connectivity index (χ4v) is 3.22. The highest BCUT2D eigenvalue weighted by atomic mass is 19.1. The molecule has 1 aliphatic heterocycles. The second-order valence-electron chi connectivity index (χ2n) is 6.82. The Balaban J connectivity index is 1.48. The molecule has 3 rings (SSSR count). The Morgan fingerprint density at radius 3 is 2.77 bits per heavy atom. The molecule has 7 heteroatoms. The first-order chi connectivity index (χ1) is 12.4. The van der Waals surface area contributed by atoms with E-state index in [4.69, 9.17) is 0 Å². The minimum atomic E-state index is -0.271. The van der Waals surface area contributed by atoms with Crippen LogP contribution >= 0.6 is 0 Å². The topological polar surface area (TPSA) is 69.3 Å². The molecule has 1 saturated heterocycles. The van der Waals surface area contributed by atoms with Crippen LogP contribution in [0.25, 0.3) is 11.3 Å². The second kappa shape index (κ2) is 7.68. The van der Waals surface area contributed by atoms with Gasteiger partial charge in [-0.2, -0.15) is 5.10 Å². The van der Waals surface area contributed by atoms with Gasteiger partial charge in [0.2, 0.25) is 11.8 Å². The molecule has 1 fully saturated rings. The zero-order valence-electron chi connectivity index (χ0n) is 15.0. The number of hydrogen-bond donors (Lipinski definition) is 1. The van der Waals surface area contributed by atoms with Crippen LogP contribution in [0.15, 0.2) is 30.3 Å². The second-order valence-corrected chi connectivity index (χ2v) is 6.82. The number of H-pyrrole nitrogens is 1. The number of amides is 2. The van der Waals surface area contributed by atoms with Crippen molar-refractivity contribution in [2.45, 2.75) is 19.3 Å². The van der Waals surface area contributed by atoms with Crippen LogP contribution in [0.4, 0.5) is 4.39 Å². The van der Waals surface area contributed by atoms with Gasteiger partial charge in [-0.25, -0.2) is 4.39 Å². The molecule has 26 heavy (non-hydrogen) atoms. The minimum absolute atomic E-state index is 0.0271. The van der Waals surface area contributed by atoms with Gasteiger partial charge in [0.15, 0.2) is 0 Å². The smallest absolute Gasteiger partial charge is 0.227 e. The third-order valence-electron chi connectivity index (χ3n) is 4.78. The van der Waals surface area contributed by atoms with Crippen molar-refractivity contribution in [1.82, 2.24) is 20.0 Å². The van der Waals surface area contributed by atoms with Crippen molar-refractivity contribution < 1.29 is 14.0 Å². The average Bonchev–Trinajstić information content (AvgIpc) is 3.22. The molecule has 1 atom stereocenters.